The summed E-state index contributed by atoms with van der Waals surface area (Å²) in [5.74, 6) is -1.17. The van der Waals surface area contributed by atoms with Crippen molar-refractivity contribution in [2.75, 3.05) is 13.2 Å². The fraction of sp³-hybridized carbons (Fsp3) is 0.235. The van der Waals surface area contributed by atoms with Crippen molar-refractivity contribution < 1.29 is 19.1 Å². The number of imide groups is 1. The van der Waals surface area contributed by atoms with Gasteiger partial charge in [-0.3, -0.25) is 14.5 Å². The number of thiophene rings is 2. The van der Waals surface area contributed by atoms with E-state index in [1.54, 1.807) is 17.4 Å². The van der Waals surface area contributed by atoms with Gasteiger partial charge in [0.15, 0.2) is 6.61 Å². The molecule has 1 saturated heterocycles. The normalized spacial score (nSPS) is 14.7. The van der Waals surface area contributed by atoms with Crippen LogP contribution in [0.4, 0.5) is 0 Å². The van der Waals surface area contributed by atoms with Gasteiger partial charge in [-0.2, -0.15) is 0 Å². The molecule has 1 aromatic carbocycles. The molecule has 7 heteroatoms. The highest BCUT2D eigenvalue weighted by Gasteiger charge is 2.27. The van der Waals surface area contributed by atoms with Gasteiger partial charge in [0.1, 0.15) is 4.88 Å². The zero-order valence-electron chi connectivity index (χ0n) is 12.6. The number of carbonyl (C=O) groups excluding carboxylic acids is 3. The molecule has 0 radical (unpaired) electrons. The number of ether oxygens (including phenoxy) is 1. The molecule has 0 spiro atoms. The third-order valence-corrected chi connectivity index (χ3v) is 6.35. The van der Waals surface area contributed by atoms with Crippen molar-refractivity contribution in [2.45, 2.75) is 12.8 Å². The Bertz CT molecular complexity index is 971. The minimum Gasteiger partial charge on any atom is -0.451 e. The first-order chi connectivity index (χ1) is 11.6. The third-order valence-electron chi connectivity index (χ3n) is 3.95. The molecule has 1 aliphatic heterocycles. The highest BCUT2D eigenvalue weighted by Crippen LogP contribution is 2.39. The summed E-state index contributed by atoms with van der Waals surface area (Å²) in [4.78, 5) is 37.2. The second kappa shape index (κ2) is 5.99. The first kappa shape index (κ1) is 15.3. The van der Waals surface area contributed by atoms with Crippen LogP contribution in [-0.2, 0) is 14.3 Å². The fourth-order valence-electron chi connectivity index (χ4n) is 2.79. The molecule has 4 rings (SSSR count). The van der Waals surface area contributed by atoms with Crippen molar-refractivity contribution in [3.8, 4) is 0 Å². The Labute approximate surface area is 145 Å². The largest absolute Gasteiger partial charge is 0.451 e. The van der Waals surface area contributed by atoms with E-state index in [1.807, 2.05) is 18.2 Å². The summed E-state index contributed by atoms with van der Waals surface area (Å²) in [6, 6.07) is 9.85. The quantitative estimate of drug-likeness (QED) is 0.672. The van der Waals surface area contributed by atoms with Gasteiger partial charge in [0.25, 0.3) is 5.91 Å². The number of hydrogen-bond acceptors (Lipinski definition) is 6. The van der Waals surface area contributed by atoms with Gasteiger partial charge >= 0.3 is 5.97 Å². The summed E-state index contributed by atoms with van der Waals surface area (Å²) in [6.45, 7) is 0.0206. The summed E-state index contributed by atoms with van der Waals surface area (Å²) < 4.78 is 8.37. The van der Waals surface area contributed by atoms with E-state index in [9.17, 15) is 14.4 Å². The SMILES string of the molecule is O=C(OCC(=O)N1CCCC1=O)c1cc2sc3ccccc3c2s1. The van der Waals surface area contributed by atoms with Crippen LogP contribution < -0.4 is 0 Å². The van der Waals surface area contributed by atoms with Crippen molar-refractivity contribution in [1.29, 1.82) is 0 Å². The van der Waals surface area contributed by atoms with Crippen LogP contribution in [0.5, 0.6) is 0 Å². The van der Waals surface area contributed by atoms with E-state index < -0.39 is 18.5 Å². The minimum atomic E-state index is -0.521. The van der Waals surface area contributed by atoms with E-state index in [4.69, 9.17) is 4.74 Å². The van der Waals surface area contributed by atoms with Crippen LogP contribution >= 0.6 is 22.7 Å². The maximum Gasteiger partial charge on any atom is 0.348 e. The van der Waals surface area contributed by atoms with E-state index in [-0.39, 0.29) is 5.91 Å². The second-order valence-electron chi connectivity index (χ2n) is 5.52. The van der Waals surface area contributed by atoms with E-state index in [0.29, 0.717) is 24.3 Å². The van der Waals surface area contributed by atoms with Crippen LogP contribution in [0.1, 0.15) is 22.5 Å². The number of likely N-dealkylation sites (tertiary alicyclic amines) is 1. The number of nitrogens with zero attached hydrogens (tertiary/aromatic N) is 1. The maximum atomic E-state index is 12.2. The molecule has 122 valence electrons. The van der Waals surface area contributed by atoms with Gasteiger partial charge < -0.3 is 4.74 Å². The fourth-order valence-corrected chi connectivity index (χ4v) is 5.21. The van der Waals surface area contributed by atoms with Crippen molar-refractivity contribution in [3.63, 3.8) is 0 Å². The van der Waals surface area contributed by atoms with Gasteiger partial charge in [-0.15, -0.1) is 22.7 Å². The van der Waals surface area contributed by atoms with Gasteiger partial charge in [0.05, 0.1) is 4.70 Å². The Morgan fingerprint density at radius 2 is 2.00 bits per heavy atom. The average molecular weight is 359 g/mol. The molecule has 0 saturated carbocycles. The molecule has 0 atom stereocenters. The third kappa shape index (κ3) is 2.59. The van der Waals surface area contributed by atoms with E-state index in [0.717, 1.165) is 19.7 Å². The molecule has 1 fully saturated rings. The molecular weight excluding hydrogens is 346 g/mol. The molecule has 0 N–H and O–H groups in total. The molecular formula is C17H13NO4S2. The predicted molar refractivity (Wildman–Crippen MR) is 93.4 cm³/mol. The number of benzene rings is 1. The van der Waals surface area contributed by atoms with Crippen LogP contribution in [-0.4, -0.2) is 35.8 Å². The average Bonchev–Trinajstić information content (AvgIpc) is 3.26. The number of fused-ring (bicyclic) bond motifs is 3. The van der Waals surface area contributed by atoms with Gasteiger partial charge in [-0.25, -0.2) is 4.79 Å². The van der Waals surface area contributed by atoms with Crippen LogP contribution in [0.2, 0.25) is 0 Å². The molecule has 2 aromatic heterocycles. The zero-order chi connectivity index (χ0) is 16.7. The molecule has 0 aliphatic carbocycles. The summed E-state index contributed by atoms with van der Waals surface area (Å²) in [5, 5.41) is 1.13. The Morgan fingerprint density at radius 1 is 1.17 bits per heavy atom. The zero-order valence-corrected chi connectivity index (χ0v) is 14.2. The number of esters is 1. The summed E-state index contributed by atoms with van der Waals surface area (Å²) in [5.41, 5.74) is 0. The summed E-state index contributed by atoms with van der Waals surface area (Å²) in [6.07, 6.45) is 1.06. The summed E-state index contributed by atoms with van der Waals surface area (Å²) >= 11 is 3.00. The van der Waals surface area contributed by atoms with E-state index >= 15 is 0 Å². The Morgan fingerprint density at radius 3 is 2.79 bits per heavy atom. The van der Waals surface area contributed by atoms with Crippen LogP contribution in [0.3, 0.4) is 0 Å². The topological polar surface area (TPSA) is 63.7 Å². The Hall–Kier alpha value is -2.25. The predicted octanol–water partition coefficient (Wildman–Crippen LogP) is 3.42. The first-order valence-corrected chi connectivity index (χ1v) is 9.18. The molecule has 3 heterocycles. The first-order valence-electron chi connectivity index (χ1n) is 7.55. The van der Waals surface area contributed by atoms with Crippen LogP contribution in [0.15, 0.2) is 30.3 Å². The Kier molecular flexibility index (Phi) is 3.82. The van der Waals surface area contributed by atoms with Crippen molar-refractivity contribution in [1.82, 2.24) is 4.90 Å². The molecule has 2 amide bonds. The lowest BCUT2D eigenvalue weighted by molar-refractivity contribution is -0.143. The number of carbonyl (C=O) groups is 3. The number of amides is 2. The monoisotopic (exact) mass is 359 g/mol. The number of rotatable bonds is 3. The van der Waals surface area contributed by atoms with Crippen LogP contribution in [0, 0.1) is 0 Å². The molecule has 0 bridgehead atoms. The van der Waals surface area contributed by atoms with E-state index in [2.05, 4.69) is 6.07 Å². The smallest absolute Gasteiger partial charge is 0.348 e. The van der Waals surface area contributed by atoms with Crippen LogP contribution in [0.25, 0.3) is 19.5 Å². The standard InChI is InChI=1S/C17H13NO4S2/c19-14-6-3-7-18(14)15(20)9-22-17(21)13-8-12-16(24-13)10-4-1-2-5-11(10)23-12/h1-2,4-5,8H,3,6-7,9H2. The molecule has 5 nitrogen and oxygen atoms in total. The van der Waals surface area contributed by atoms with E-state index in [1.165, 1.54) is 16.0 Å². The highest BCUT2D eigenvalue weighted by atomic mass is 32.1. The van der Waals surface area contributed by atoms with Gasteiger partial charge in [0.2, 0.25) is 5.91 Å². The molecule has 24 heavy (non-hydrogen) atoms. The lowest BCUT2D eigenvalue weighted by Gasteiger charge is -2.12. The van der Waals surface area contributed by atoms with Gasteiger partial charge in [0, 0.05) is 27.8 Å². The number of hydrogen-bond donors (Lipinski definition) is 0. The van der Waals surface area contributed by atoms with Crippen molar-refractivity contribution in [2.24, 2.45) is 0 Å². The lowest BCUT2D eigenvalue weighted by atomic mass is 10.2. The van der Waals surface area contributed by atoms with Crippen molar-refractivity contribution >= 4 is 59.9 Å². The minimum absolute atomic E-state index is 0.195. The van der Waals surface area contributed by atoms with Gasteiger partial charge in [-0.05, 0) is 18.6 Å². The molecule has 1 aliphatic rings. The maximum absolute atomic E-state index is 12.2. The molecule has 3 aromatic rings. The Balaban J connectivity index is 1.49. The second-order valence-corrected chi connectivity index (χ2v) is 7.66. The lowest BCUT2D eigenvalue weighted by Crippen LogP contribution is -2.35. The highest BCUT2D eigenvalue weighted by molar-refractivity contribution is 7.33. The summed E-state index contributed by atoms with van der Waals surface area (Å²) in [7, 11) is 0. The molecule has 0 unspecified atom stereocenters. The van der Waals surface area contributed by atoms with Gasteiger partial charge in [-0.1, -0.05) is 18.2 Å². The van der Waals surface area contributed by atoms with Crippen molar-refractivity contribution in [3.05, 3.63) is 35.2 Å².